The number of allylic oxidation sites excluding steroid dienone is 3. The Kier molecular flexibility index (Phi) is 15.4. The molecule has 0 unspecified atom stereocenters. The van der Waals surface area contributed by atoms with Gasteiger partial charge in [-0.15, -0.1) is 0 Å². The SMILES string of the molecule is [CH-]=CC=CC.[Pm]. The maximum absolute atomic E-state index is 4.93. The zero-order valence-corrected chi connectivity index (χ0v) is 6.63. The van der Waals surface area contributed by atoms with Gasteiger partial charge in [0.1, 0.15) is 0 Å². The fourth-order valence-corrected chi connectivity index (χ4v) is 0.111. The van der Waals surface area contributed by atoms with Crippen LogP contribution in [0.15, 0.2) is 18.2 Å². The normalized spacial score (nSPS) is 7.50. The minimum atomic E-state index is 0. The van der Waals surface area contributed by atoms with Crippen molar-refractivity contribution in [1.82, 2.24) is 0 Å². The minimum Gasteiger partial charge on any atom is -0.293 e. The summed E-state index contributed by atoms with van der Waals surface area (Å²) in [5, 5.41) is 0. The predicted molar refractivity (Wildman–Crippen MR) is 23.7 cm³/mol. The van der Waals surface area contributed by atoms with Gasteiger partial charge in [-0.25, -0.2) is 12.2 Å². The summed E-state index contributed by atoms with van der Waals surface area (Å²) < 4.78 is 0. The molecule has 0 amide bonds. The molecule has 6 heavy (non-hydrogen) atoms. The summed E-state index contributed by atoms with van der Waals surface area (Å²) in [7, 11) is 0. The summed E-state index contributed by atoms with van der Waals surface area (Å²) in [4.78, 5) is 0. The molecule has 0 fully saturated rings. The Bertz CT molecular complexity index is 45.9. The van der Waals surface area contributed by atoms with Crippen molar-refractivity contribution in [3.05, 3.63) is 24.8 Å². The minimum absolute atomic E-state index is 0. The molecular formula is C5H7Pm-. The van der Waals surface area contributed by atoms with E-state index in [-0.39, 0.29) is 40.4 Å². The van der Waals surface area contributed by atoms with Gasteiger partial charge in [-0.2, -0.15) is 6.08 Å². The Balaban J connectivity index is 0. The Morgan fingerprint density at radius 2 is 2.00 bits per heavy atom. The molecule has 0 aliphatic rings. The molecule has 0 spiro atoms. The van der Waals surface area contributed by atoms with Crippen LogP contribution in [0.3, 0.4) is 0 Å². The van der Waals surface area contributed by atoms with Gasteiger partial charge < -0.3 is 0 Å². The number of rotatable bonds is 1. The molecule has 0 aliphatic heterocycles. The standard InChI is InChI=1S/C5H7.Pm/c1-3-5-4-2;/h1,3-5H,2H3;/q-1;. The van der Waals surface area contributed by atoms with Crippen LogP contribution >= 0.6 is 0 Å². The molecular weight excluding hydrogens is 205 g/mol. The maximum atomic E-state index is 4.93. The zero-order valence-electron chi connectivity index (χ0n) is 3.76. The van der Waals surface area contributed by atoms with Crippen LogP contribution in [-0.2, 0) is 0 Å². The van der Waals surface area contributed by atoms with Crippen LogP contribution in [0, 0.1) is 47.0 Å². The van der Waals surface area contributed by atoms with Crippen LogP contribution in [0.5, 0.6) is 0 Å². The van der Waals surface area contributed by atoms with Crippen molar-refractivity contribution in [2.75, 3.05) is 0 Å². The van der Waals surface area contributed by atoms with Crippen LogP contribution in [0.2, 0.25) is 0 Å². The smallest absolute Gasteiger partial charge is 0 e. The molecule has 1 radical (unpaired) electrons. The predicted octanol–water partition coefficient (Wildman–Crippen LogP) is 1.55. The zero-order chi connectivity index (χ0) is 4.12. The van der Waals surface area contributed by atoms with E-state index in [4.69, 9.17) is 6.58 Å². The Labute approximate surface area is 71.4 Å². The van der Waals surface area contributed by atoms with Crippen molar-refractivity contribution in [2.24, 2.45) is 0 Å². The molecule has 0 nitrogen and oxygen atoms in total. The summed E-state index contributed by atoms with van der Waals surface area (Å²) in [5.74, 6) is 0. The van der Waals surface area contributed by atoms with Gasteiger partial charge in [-0.3, -0.25) is 6.58 Å². The first-order valence-corrected chi connectivity index (χ1v) is 1.58. The first kappa shape index (κ1) is 9.94. The molecule has 33 valence electrons. The largest absolute Gasteiger partial charge is 0.293 e. The van der Waals surface area contributed by atoms with Crippen LogP contribution < -0.4 is 0 Å². The van der Waals surface area contributed by atoms with Crippen molar-refractivity contribution in [3.63, 3.8) is 0 Å². The average molecular weight is 212 g/mol. The average Bonchev–Trinajstić information content (AvgIpc) is 1.41. The number of hydrogen-bond donors (Lipinski definition) is 0. The van der Waals surface area contributed by atoms with E-state index in [1.165, 1.54) is 6.08 Å². The summed E-state index contributed by atoms with van der Waals surface area (Å²) in [6.07, 6.45) is 5.15. The molecule has 0 aromatic heterocycles. The van der Waals surface area contributed by atoms with Crippen molar-refractivity contribution >= 4 is 0 Å². The molecule has 0 atom stereocenters. The van der Waals surface area contributed by atoms with Crippen molar-refractivity contribution < 1.29 is 40.4 Å². The van der Waals surface area contributed by atoms with Crippen molar-refractivity contribution in [1.29, 1.82) is 0 Å². The number of hydrogen-bond acceptors (Lipinski definition) is 0. The van der Waals surface area contributed by atoms with Gasteiger partial charge in [-0.1, -0.05) is 6.92 Å². The second-order valence-corrected chi connectivity index (χ2v) is 0.718. The van der Waals surface area contributed by atoms with E-state index in [1.54, 1.807) is 6.08 Å². The molecule has 0 aromatic carbocycles. The Hall–Kier alpha value is 0.818. The summed E-state index contributed by atoms with van der Waals surface area (Å²) >= 11 is 0. The van der Waals surface area contributed by atoms with E-state index in [0.717, 1.165) is 0 Å². The first-order chi connectivity index (χ1) is 2.41. The van der Waals surface area contributed by atoms with Gasteiger partial charge >= 0.3 is 0 Å². The second-order valence-electron chi connectivity index (χ2n) is 0.718. The fraction of sp³-hybridized carbons (Fsp3) is 0.200. The molecule has 0 bridgehead atoms. The van der Waals surface area contributed by atoms with Crippen LogP contribution in [0.4, 0.5) is 0 Å². The monoisotopic (exact) mass is 212 g/mol. The molecule has 0 saturated heterocycles. The van der Waals surface area contributed by atoms with Crippen molar-refractivity contribution in [3.8, 4) is 0 Å². The van der Waals surface area contributed by atoms with E-state index in [0.29, 0.717) is 0 Å². The first-order valence-electron chi connectivity index (χ1n) is 1.58. The maximum Gasteiger partial charge on any atom is 0 e. The molecule has 0 N–H and O–H groups in total. The topological polar surface area (TPSA) is 0 Å². The van der Waals surface area contributed by atoms with E-state index in [1.807, 2.05) is 13.0 Å². The molecule has 0 aliphatic carbocycles. The third kappa shape index (κ3) is 8.84. The van der Waals surface area contributed by atoms with E-state index in [9.17, 15) is 0 Å². The van der Waals surface area contributed by atoms with Gasteiger partial charge in [0.15, 0.2) is 0 Å². The van der Waals surface area contributed by atoms with Gasteiger partial charge in [0.25, 0.3) is 0 Å². The van der Waals surface area contributed by atoms with Crippen LogP contribution in [-0.4, -0.2) is 0 Å². The molecule has 0 aromatic rings. The van der Waals surface area contributed by atoms with Gasteiger partial charge in [0, 0.05) is 40.4 Å². The van der Waals surface area contributed by atoms with Gasteiger partial charge in [0.2, 0.25) is 0 Å². The Morgan fingerprint density at radius 3 is 2.00 bits per heavy atom. The molecule has 0 heterocycles. The van der Waals surface area contributed by atoms with E-state index in [2.05, 4.69) is 0 Å². The third-order valence-corrected chi connectivity index (χ3v) is 0.304. The summed E-state index contributed by atoms with van der Waals surface area (Å²) in [5.41, 5.74) is 0. The summed E-state index contributed by atoms with van der Waals surface area (Å²) in [6, 6.07) is 0. The van der Waals surface area contributed by atoms with Gasteiger partial charge in [0.05, 0.1) is 0 Å². The van der Waals surface area contributed by atoms with Crippen LogP contribution in [0.1, 0.15) is 6.92 Å². The molecule has 0 rings (SSSR count). The van der Waals surface area contributed by atoms with Crippen LogP contribution in [0.25, 0.3) is 0 Å². The fourth-order valence-electron chi connectivity index (χ4n) is 0.111. The molecule has 0 saturated carbocycles. The van der Waals surface area contributed by atoms with E-state index < -0.39 is 0 Å². The second kappa shape index (κ2) is 9.26. The van der Waals surface area contributed by atoms with Crippen molar-refractivity contribution in [2.45, 2.75) is 6.92 Å². The van der Waals surface area contributed by atoms with E-state index >= 15 is 0 Å². The Morgan fingerprint density at radius 1 is 1.50 bits per heavy atom. The molecule has 1 heteroatoms. The van der Waals surface area contributed by atoms with Gasteiger partial charge in [-0.05, 0) is 0 Å². The quantitative estimate of drug-likeness (QED) is 0.457. The third-order valence-electron chi connectivity index (χ3n) is 0.304. The summed E-state index contributed by atoms with van der Waals surface area (Å²) in [6.45, 7) is 6.85.